The first-order valence-electron chi connectivity index (χ1n) is 8.53. The highest BCUT2D eigenvalue weighted by atomic mass is 79.9. The summed E-state index contributed by atoms with van der Waals surface area (Å²) >= 11 is 3.31. The number of halogens is 1. The highest BCUT2D eigenvalue weighted by molar-refractivity contribution is 9.10. The van der Waals surface area contributed by atoms with Crippen LogP contribution >= 0.6 is 15.9 Å². The zero-order valence-corrected chi connectivity index (χ0v) is 18.0. The predicted molar refractivity (Wildman–Crippen MR) is 109 cm³/mol. The Labute approximate surface area is 172 Å². The maximum Gasteiger partial charge on any atom is 0.343 e. The van der Waals surface area contributed by atoms with E-state index in [1.807, 2.05) is 0 Å². The number of nitrogens with zero attached hydrogens (tertiary/aromatic N) is 2. The molecule has 148 valence electrons. The minimum atomic E-state index is -4.11. The van der Waals surface area contributed by atoms with E-state index in [1.165, 1.54) is 30.0 Å². The van der Waals surface area contributed by atoms with Crippen molar-refractivity contribution >= 4 is 49.1 Å². The molecule has 0 N–H and O–H groups in total. The third-order valence-electron chi connectivity index (χ3n) is 4.11. The summed E-state index contributed by atoms with van der Waals surface area (Å²) in [5.41, 5.74) is 0.482. The lowest BCUT2D eigenvalue weighted by Gasteiger charge is -2.38. The Morgan fingerprint density at radius 2 is 1.79 bits per heavy atom. The normalized spacial score (nSPS) is 15.5. The molecule has 3 rings (SSSR count). The minimum Gasteiger partial charge on any atom is -0.486 e. The van der Waals surface area contributed by atoms with Crippen molar-refractivity contribution in [3.8, 4) is 5.75 Å². The first kappa shape index (κ1) is 20.3. The molecular weight excluding hydrogens is 448 g/mol. The van der Waals surface area contributed by atoms with Crippen LogP contribution in [-0.4, -0.2) is 32.9 Å². The summed E-state index contributed by atoms with van der Waals surface area (Å²) in [5, 5.41) is 0. The standard InChI is InChI=1S/C19H19BrN2O5S/c1-12(2)21-17-10-16(27-11-13(3)23)8-9-18(17)28(25,26)22(19(21)24)15-6-4-14(20)5-7-15/h4-10,12H,11H2,1-3H3. The van der Waals surface area contributed by atoms with Gasteiger partial charge < -0.3 is 4.74 Å². The lowest BCUT2D eigenvalue weighted by Crippen LogP contribution is -2.53. The molecule has 0 unspecified atom stereocenters. The molecule has 0 bridgehead atoms. The first-order valence-corrected chi connectivity index (χ1v) is 10.8. The van der Waals surface area contributed by atoms with Crippen molar-refractivity contribution in [3.05, 3.63) is 46.9 Å². The van der Waals surface area contributed by atoms with Crippen molar-refractivity contribution in [1.29, 1.82) is 0 Å². The second-order valence-electron chi connectivity index (χ2n) is 6.61. The van der Waals surface area contributed by atoms with E-state index < -0.39 is 16.1 Å². The van der Waals surface area contributed by atoms with E-state index >= 15 is 0 Å². The summed E-state index contributed by atoms with van der Waals surface area (Å²) in [6.07, 6.45) is 0. The van der Waals surface area contributed by atoms with Crippen LogP contribution in [0.15, 0.2) is 51.8 Å². The van der Waals surface area contributed by atoms with Crippen molar-refractivity contribution in [1.82, 2.24) is 0 Å². The quantitative estimate of drug-likeness (QED) is 0.665. The number of hydrogen-bond acceptors (Lipinski definition) is 5. The van der Waals surface area contributed by atoms with Crippen LogP contribution < -0.4 is 13.9 Å². The summed E-state index contributed by atoms with van der Waals surface area (Å²) in [6.45, 7) is 4.85. The molecule has 9 heteroatoms. The van der Waals surface area contributed by atoms with Crippen LogP contribution in [0, 0.1) is 0 Å². The van der Waals surface area contributed by atoms with Crippen molar-refractivity contribution < 1.29 is 22.7 Å². The Balaban J connectivity index is 2.15. The van der Waals surface area contributed by atoms with Crippen molar-refractivity contribution in [2.45, 2.75) is 31.7 Å². The Morgan fingerprint density at radius 1 is 1.14 bits per heavy atom. The zero-order valence-electron chi connectivity index (χ0n) is 15.5. The lowest BCUT2D eigenvalue weighted by atomic mass is 10.2. The number of ketones is 1. The van der Waals surface area contributed by atoms with Gasteiger partial charge in [-0.05, 0) is 57.2 Å². The number of carbonyl (C=O) groups excluding carboxylic acids is 2. The van der Waals surface area contributed by atoms with Gasteiger partial charge in [-0.1, -0.05) is 15.9 Å². The fourth-order valence-electron chi connectivity index (χ4n) is 2.91. The third kappa shape index (κ3) is 3.64. The van der Waals surface area contributed by atoms with Gasteiger partial charge in [-0.2, -0.15) is 4.31 Å². The van der Waals surface area contributed by atoms with E-state index in [-0.39, 0.29) is 34.7 Å². The summed E-state index contributed by atoms with van der Waals surface area (Å²) in [6, 6.07) is 9.85. The van der Waals surface area contributed by atoms with Gasteiger partial charge in [0, 0.05) is 16.6 Å². The van der Waals surface area contributed by atoms with Gasteiger partial charge in [-0.3, -0.25) is 9.69 Å². The summed E-state index contributed by atoms with van der Waals surface area (Å²) in [7, 11) is -4.11. The minimum absolute atomic E-state index is 0.00102. The van der Waals surface area contributed by atoms with Gasteiger partial charge in [-0.15, -0.1) is 0 Å². The second kappa shape index (κ2) is 7.56. The molecule has 0 saturated carbocycles. The molecule has 0 aromatic heterocycles. The molecule has 0 atom stereocenters. The van der Waals surface area contributed by atoms with Crippen molar-refractivity contribution in [2.24, 2.45) is 0 Å². The van der Waals surface area contributed by atoms with Gasteiger partial charge in [0.15, 0.2) is 5.78 Å². The van der Waals surface area contributed by atoms with Crippen LogP contribution in [-0.2, 0) is 14.8 Å². The van der Waals surface area contributed by atoms with E-state index in [2.05, 4.69) is 15.9 Å². The van der Waals surface area contributed by atoms with Crippen LogP contribution in [0.2, 0.25) is 0 Å². The van der Waals surface area contributed by atoms with E-state index in [9.17, 15) is 18.0 Å². The molecule has 0 aliphatic carbocycles. The molecule has 7 nitrogen and oxygen atoms in total. The summed E-state index contributed by atoms with van der Waals surface area (Å²) in [4.78, 5) is 25.7. The highest BCUT2D eigenvalue weighted by Crippen LogP contribution is 2.40. The molecule has 1 aliphatic rings. The number of sulfonamides is 1. The zero-order chi connectivity index (χ0) is 20.6. The molecule has 2 amide bonds. The molecule has 28 heavy (non-hydrogen) atoms. The topological polar surface area (TPSA) is 84.0 Å². The number of anilines is 2. The largest absolute Gasteiger partial charge is 0.486 e. The molecule has 0 saturated heterocycles. The maximum absolute atomic E-state index is 13.2. The fraction of sp³-hybridized carbons (Fsp3) is 0.263. The molecule has 0 spiro atoms. The first-order chi connectivity index (χ1) is 13.1. The summed E-state index contributed by atoms with van der Waals surface area (Å²) in [5.74, 6) is 0.156. The van der Waals surface area contributed by atoms with Gasteiger partial charge in [0.05, 0.1) is 11.4 Å². The fourth-order valence-corrected chi connectivity index (χ4v) is 4.72. The molecule has 1 aliphatic heterocycles. The van der Waals surface area contributed by atoms with E-state index in [1.54, 1.807) is 38.1 Å². The number of carbonyl (C=O) groups is 2. The number of ether oxygens (including phenoxy) is 1. The summed E-state index contributed by atoms with van der Waals surface area (Å²) < 4.78 is 33.4. The number of benzene rings is 2. The second-order valence-corrected chi connectivity index (χ2v) is 9.28. The van der Waals surface area contributed by atoms with E-state index in [4.69, 9.17) is 4.74 Å². The Kier molecular flexibility index (Phi) is 5.49. The smallest absolute Gasteiger partial charge is 0.343 e. The average molecular weight is 467 g/mol. The van der Waals surface area contributed by atoms with Crippen molar-refractivity contribution in [2.75, 3.05) is 15.8 Å². The van der Waals surface area contributed by atoms with Crippen LogP contribution in [0.4, 0.5) is 16.2 Å². The van der Waals surface area contributed by atoms with E-state index in [0.717, 1.165) is 8.78 Å². The number of urea groups is 1. The molecule has 2 aromatic rings. The maximum atomic E-state index is 13.2. The molecule has 1 heterocycles. The van der Waals surface area contributed by atoms with Gasteiger partial charge >= 0.3 is 6.03 Å². The average Bonchev–Trinajstić information content (AvgIpc) is 2.61. The lowest BCUT2D eigenvalue weighted by molar-refractivity contribution is -0.118. The van der Waals surface area contributed by atoms with Crippen LogP contribution in [0.1, 0.15) is 20.8 Å². The Bertz CT molecular complexity index is 1030. The Morgan fingerprint density at radius 3 is 2.36 bits per heavy atom. The molecule has 0 fully saturated rings. The highest BCUT2D eigenvalue weighted by Gasteiger charge is 2.43. The van der Waals surface area contributed by atoms with Gasteiger partial charge in [-0.25, -0.2) is 13.2 Å². The number of Topliss-reactive ketones (excluding diaryl/α,β-unsaturated/α-hetero) is 1. The SMILES string of the molecule is CC(=O)COc1ccc2c(c1)N(C(C)C)C(=O)N(c1ccc(Br)cc1)S2(=O)=O. The van der Waals surface area contributed by atoms with Gasteiger partial charge in [0.25, 0.3) is 10.0 Å². The number of rotatable bonds is 5. The number of amides is 2. The van der Waals surface area contributed by atoms with Gasteiger partial charge in [0.2, 0.25) is 0 Å². The van der Waals surface area contributed by atoms with Crippen LogP contribution in [0.3, 0.4) is 0 Å². The molecular formula is C19H19BrN2O5S. The molecule has 0 radical (unpaired) electrons. The van der Waals surface area contributed by atoms with Crippen LogP contribution in [0.25, 0.3) is 0 Å². The number of fused-ring (bicyclic) bond motifs is 1. The monoisotopic (exact) mass is 466 g/mol. The third-order valence-corrected chi connectivity index (χ3v) is 6.39. The van der Waals surface area contributed by atoms with Gasteiger partial charge in [0.1, 0.15) is 17.3 Å². The Hall–Kier alpha value is -2.39. The van der Waals surface area contributed by atoms with Crippen molar-refractivity contribution in [3.63, 3.8) is 0 Å². The molecule has 2 aromatic carbocycles. The predicted octanol–water partition coefficient (Wildman–Crippen LogP) is 3.96. The number of hydrogen-bond donors (Lipinski definition) is 0. The van der Waals surface area contributed by atoms with Crippen LogP contribution in [0.5, 0.6) is 5.75 Å². The van der Waals surface area contributed by atoms with E-state index in [0.29, 0.717) is 5.75 Å².